The number of benzene rings is 3. The van der Waals surface area contributed by atoms with E-state index in [0.29, 0.717) is 35.1 Å². The molecule has 0 saturated carbocycles. The van der Waals surface area contributed by atoms with Gasteiger partial charge in [-0.3, -0.25) is 4.79 Å². The van der Waals surface area contributed by atoms with E-state index in [-0.39, 0.29) is 0 Å². The number of carbonyl (C=O) groups is 2. The molecule has 3 aromatic carbocycles. The molecule has 0 heterocycles. The summed E-state index contributed by atoms with van der Waals surface area (Å²) in [6.07, 6.45) is -1.10. The topological polar surface area (TPSA) is 64.6 Å². The van der Waals surface area contributed by atoms with Crippen LogP contribution in [0.25, 0.3) is 0 Å². The third kappa shape index (κ3) is 5.72. The molecular weight excluding hydrogens is 390 g/mol. The number of hydrogen-bond donors (Lipinski definition) is 1. The van der Waals surface area contributed by atoms with Crippen molar-refractivity contribution in [1.29, 1.82) is 0 Å². The molecule has 1 N–H and O–H groups in total. The Morgan fingerprint density at radius 3 is 2.13 bits per heavy atom. The van der Waals surface area contributed by atoms with Crippen LogP contribution in [0.4, 0.5) is 5.69 Å². The minimum Gasteiger partial charge on any atom is -0.492 e. The zero-order valence-electron chi connectivity index (χ0n) is 18.0. The zero-order valence-corrected chi connectivity index (χ0v) is 18.0. The standard InChI is InChI=1S/C26H27NO4/c1-4-30-23-13-9-8-12-22(23)27-25(28)24(20-10-6-5-7-11-20)31-26(29)21-16-14-19(15-17-21)18(2)3/h5-18,24H,4H2,1-3H3,(H,27,28)/t24-/m0/s1. The van der Waals surface area contributed by atoms with Crippen LogP contribution in [0.5, 0.6) is 5.75 Å². The minimum atomic E-state index is -1.10. The van der Waals surface area contributed by atoms with Gasteiger partial charge in [0, 0.05) is 5.56 Å². The quantitative estimate of drug-likeness (QED) is 0.474. The molecule has 3 aromatic rings. The van der Waals surface area contributed by atoms with Gasteiger partial charge in [-0.2, -0.15) is 0 Å². The normalized spacial score (nSPS) is 11.6. The van der Waals surface area contributed by atoms with Crippen molar-refractivity contribution in [3.8, 4) is 5.75 Å². The van der Waals surface area contributed by atoms with Crippen molar-refractivity contribution in [2.24, 2.45) is 0 Å². The monoisotopic (exact) mass is 417 g/mol. The third-order valence-corrected chi connectivity index (χ3v) is 4.82. The number of rotatable bonds is 8. The van der Waals surface area contributed by atoms with E-state index in [9.17, 15) is 9.59 Å². The Hall–Kier alpha value is -3.60. The Morgan fingerprint density at radius 1 is 0.839 bits per heavy atom. The molecule has 0 aromatic heterocycles. The molecule has 0 radical (unpaired) electrons. The van der Waals surface area contributed by atoms with Gasteiger partial charge >= 0.3 is 5.97 Å². The van der Waals surface area contributed by atoms with Crippen molar-refractivity contribution >= 4 is 17.6 Å². The van der Waals surface area contributed by atoms with Gasteiger partial charge in [0.1, 0.15) is 5.75 Å². The highest BCUT2D eigenvalue weighted by molar-refractivity contribution is 5.99. The number of esters is 1. The molecule has 0 aliphatic carbocycles. The second-order valence-corrected chi connectivity index (χ2v) is 7.39. The highest BCUT2D eigenvalue weighted by Gasteiger charge is 2.26. The van der Waals surface area contributed by atoms with Gasteiger partial charge in [0.15, 0.2) is 0 Å². The summed E-state index contributed by atoms with van der Waals surface area (Å²) < 4.78 is 11.2. The van der Waals surface area contributed by atoms with E-state index in [1.54, 1.807) is 54.6 Å². The van der Waals surface area contributed by atoms with Gasteiger partial charge in [0.05, 0.1) is 17.9 Å². The number of carbonyl (C=O) groups excluding carboxylic acids is 2. The van der Waals surface area contributed by atoms with E-state index in [1.165, 1.54) is 0 Å². The van der Waals surface area contributed by atoms with Gasteiger partial charge in [-0.15, -0.1) is 0 Å². The maximum Gasteiger partial charge on any atom is 0.339 e. The summed E-state index contributed by atoms with van der Waals surface area (Å²) in [6.45, 7) is 6.51. The number of anilines is 1. The van der Waals surface area contributed by atoms with Crippen LogP contribution in [0.15, 0.2) is 78.9 Å². The van der Waals surface area contributed by atoms with Crippen LogP contribution in [0.2, 0.25) is 0 Å². The molecule has 1 amide bonds. The van der Waals surface area contributed by atoms with E-state index in [1.807, 2.05) is 31.2 Å². The van der Waals surface area contributed by atoms with Crippen molar-refractivity contribution in [2.45, 2.75) is 32.8 Å². The molecule has 3 rings (SSSR count). The molecule has 0 bridgehead atoms. The lowest BCUT2D eigenvalue weighted by molar-refractivity contribution is -0.125. The van der Waals surface area contributed by atoms with Crippen molar-refractivity contribution in [3.63, 3.8) is 0 Å². The van der Waals surface area contributed by atoms with E-state index < -0.39 is 18.0 Å². The average molecular weight is 418 g/mol. The summed E-state index contributed by atoms with van der Waals surface area (Å²) in [5, 5.41) is 2.83. The van der Waals surface area contributed by atoms with Crippen molar-refractivity contribution in [2.75, 3.05) is 11.9 Å². The molecule has 0 aliphatic heterocycles. The number of ether oxygens (including phenoxy) is 2. The van der Waals surface area contributed by atoms with Gasteiger partial charge in [0.25, 0.3) is 5.91 Å². The van der Waals surface area contributed by atoms with Gasteiger partial charge in [0.2, 0.25) is 6.10 Å². The Balaban J connectivity index is 1.83. The molecular formula is C26H27NO4. The van der Waals surface area contributed by atoms with E-state index >= 15 is 0 Å². The summed E-state index contributed by atoms with van der Waals surface area (Å²) in [7, 11) is 0. The summed E-state index contributed by atoms with van der Waals surface area (Å²) in [4.78, 5) is 25.9. The molecule has 0 aliphatic rings. The fourth-order valence-electron chi connectivity index (χ4n) is 3.13. The van der Waals surface area contributed by atoms with E-state index in [4.69, 9.17) is 9.47 Å². The van der Waals surface area contributed by atoms with Crippen molar-refractivity contribution in [3.05, 3.63) is 95.6 Å². The first kappa shape index (κ1) is 22.1. The highest BCUT2D eigenvalue weighted by atomic mass is 16.5. The van der Waals surface area contributed by atoms with Crippen LogP contribution in [0, 0.1) is 0 Å². The largest absolute Gasteiger partial charge is 0.492 e. The van der Waals surface area contributed by atoms with Gasteiger partial charge in [-0.05, 0) is 42.7 Å². The predicted octanol–water partition coefficient (Wildman–Crippen LogP) is 5.75. The Labute approximate surface area is 183 Å². The molecule has 0 fully saturated rings. The fraction of sp³-hybridized carbons (Fsp3) is 0.231. The highest BCUT2D eigenvalue weighted by Crippen LogP contribution is 2.27. The molecule has 0 spiro atoms. The Morgan fingerprint density at radius 2 is 1.48 bits per heavy atom. The van der Waals surface area contributed by atoms with Crippen molar-refractivity contribution in [1.82, 2.24) is 0 Å². The SMILES string of the molecule is CCOc1ccccc1NC(=O)[C@@H](OC(=O)c1ccc(C(C)C)cc1)c1ccccc1. The number of hydrogen-bond acceptors (Lipinski definition) is 4. The van der Waals surface area contributed by atoms with Crippen LogP contribution in [-0.4, -0.2) is 18.5 Å². The predicted molar refractivity (Wildman–Crippen MR) is 121 cm³/mol. The lowest BCUT2D eigenvalue weighted by Gasteiger charge is -2.19. The van der Waals surface area contributed by atoms with Gasteiger partial charge in [-0.1, -0.05) is 68.4 Å². The average Bonchev–Trinajstić information content (AvgIpc) is 2.79. The van der Waals surface area contributed by atoms with E-state index in [0.717, 1.165) is 5.56 Å². The summed E-state index contributed by atoms with van der Waals surface area (Å²) in [6, 6.07) is 23.4. The molecule has 1 atom stereocenters. The number of nitrogens with one attached hydrogen (secondary N) is 1. The first-order valence-corrected chi connectivity index (χ1v) is 10.4. The van der Waals surface area contributed by atoms with Crippen LogP contribution >= 0.6 is 0 Å². The number of para-hydroxylation sites is 2. The smallest absolute Gasteiger partial charge is 0.339 e. The summed E-state index contributed by atoms with van der Waals surface area (Å²) in [5.74, 6) is -0.0954. The molecule has 0 saturated heterocycles. The second-order valence-electron chi connectivity index (χ2n) is 7.39. The first-order valence-electron chi connectivity index (χ1n) is 10.4. The molecule has 160 valence electrons. The lowest BCUT2D eigenvalue weighted by Crippen LogP contribution is -2.26. The Kier molecular flexibility index (Phi) is 7.44. The maximum absolute atomic E-state index is 13.1. The molecule has 5 nitrogen and oxygen atoms in total. The summed E-state index contributed by atoms with van der Waals surface area (Å²) >= 11 is 0. The van der Waals surface area contributed by atoms with Gasteiger partial charge in [-0.25, -0.2) is 4.79 Å². The van der Waals surface area contributed by atoms with Crippen molar-refractivity contribution < 1.29 is 19.1 Å². The van der Waals surface area contributed by atoms with Crippen LogP contribution in [-0.2, 0) is 9.53 Å². The van der Waals surface area contributed by atoms with E-state index in [2.05, 4.69) is 19.2 Å². The summed E-state index contributed by atoms with van der Waals surface area (Å²) in [5.41, 5.74) is 2.63. The minimum absolute atomic E-state index is 0.360. The molecule has 0 unspecified atom stereocenters. The van der Waals surface area contributed by atoms with Crippen LogP contribution in [0.3, 0.4) is 0 Å². The lowest BCUT2D eigenvalue weighted by atomic mass is 10.0. The maximum atomic E-state index is 13.1. The third-order valence-electron chi connectivity index (χ3n) is 4.82. The van der Waals surface area contributed by atoms with Crippen LogP contribution in [0.1, 0.15) is 54.3 Å². The first-order chi connectivity index (χ1) is 15.0. The van der Waals surface area contributed by atoms with Gasteiger partial charge < -0.3 is 14.8 Å². The molecule has 31 heavy (non-hydrogen) atoms. The second kappa shape index (κ2) is 10.4. The molecule has 5 heteroatoms. The number of amides is 1. The fourth-order valence-corrected chi connectivity index (χ4v) is 3.13. The zero-order chi connectivity index (χ0) is 22.2. The van der Waals surface area contributed by atoms with Crippen LogP contribution < -0.4 is 10.1 Å². The Bertz CT molecular complexity index is 1010.